The molecule has 2 aromatic rings. The SMILES string of the molecule is N#CSc1ccc(NC(=O)[C@H]2Cc3ccccc3C(=O)O2)cc1. The van der Waals surface area contributed by atoms with Crippen molar-refractivity contribution in [1.82, 2.24) is 0 Å². The van der Waals surface area contributed by atoms with Crippen LogP contribution in [0.4, 0.5) is 5.69 Å². The van der Waals surface area contributed by atoms with Gasteiger partial charge < -0.3 is 10.1 Å². The molecule has 114 valence electrons. The van der Waals surface area contributed by atoms with Gasteiger partial charge in [-0.05, 0) is 47.7 Å². The Hall–Kier alpha value is -2.78. The first-order valence-corrected chi connectivity index (χ1v) is 7.75. The summed E-state index contributed by atoms with van der Waals surface area (Å²) in [7, 11) is 0. The predicted molar refractivity (Wildman–Crippen MR) is 85.9 cm³/mol. The second-order valence-corrected chi connectivity index (χ2v) is 5.82. The van der Waals surface area contributed by atoms with Crippen LogP contribution in [-0.2, 0) is 16.0 Å². The number of rotatable bonds is 3. The van der Waals surface area contributed by atoms with E-state index in [9.17, 15) is 9.59 Å². The van der Waals surface area contributed by atoms with E-state index in [1.165, 1.54) is 0 Å². The average molecular weight is 324 g/mol. The normalized spacial score (nSPS) is 16.0. The molecule has 1 N–H and O–H groups in total. The molecule has 1 heterocycles. The van der Waals surface area contributed by atoms with Crippen molar-refractivity contribution in [1.29, 1.82) is 5.26 Å². The van der Waals surface area contributed by atoms with Crippen LogP contribution >= 0.6 is 11.8 Å². The van der Waals surface area contributed by atoms with Crippen LogP contribution in [0.3, 0.4) is 0 Å². The minimum absolute atomic E-state index is 0.357. The summed E-state index contributed by atoms with van der Waals surface area (Å²) in [6.07, 6.45) is -0.485. The third-order valence-electron chi connectivity index (χ3n) is 3.47. The van der Waals surface area contributed by atoms with Gasteiger partial charge in [0.25, 0.3) is 5.91 Å². The molecule has 1 aliphatic rings. The van der Waals surface area contributed by atoms with Gasteiger partial charge in [0.05, 0.1) is 5.56 Å². The summed E-state index contributed by atoms with van der Waals surface area (Å²) in [5.74, 6) is -0.846. The van der Waals surface area contributed by atoms with Gasteiger partial charge in [0.15, 0.2) is 6.10 Å². The molecule has 6 heteroatoms. The maximum Gasteiger partial charge on any atom is 0.339 e. The highest BCUT2D eigenvalue weighted by atomic mass is 32.2. The van der Waals surface area contributed by atoms with E-state index >= 15 is 0 Å². The minimum Gasteiger partial charge on any atom is -0.448 e. The Morgan fingerprint density at radius 2 is 1.96 bits per heavy atom. The highest BCUT2D eigenvalue weighted by Crippen LogP contribution is 2.22. The zero-order chi connectivity index (χ0) is 16.2. The van der Waals surface area contributed by atoms with E-state index in [-0.39, 0.29) is 5.91 Å². The molecule has 1 aliphatic heterocycles. The van der Waals surface area contributed by atoms with Crippen LogP contribution in [0.5, 0.6) is 0 Å². The third kappa shape index (κ3) is 3.35. The summed E-state index contributed by atoms with van der Waals surface area (Å²) in [6.45, 7) is 0. The van der Waals surface area contributed by atoms with Gasteiger partial charge in [0.1, 0.15) is 5.40 Å². The van der Waals surface area contributed by atoms with Crippen LogP contribution in [0.2, 0.25) is 0 Å². The highest BCUT2D eigenvalue weighted by Gasteiger charge is 2.30. The van der Waals surface area contributed by atoms with Crippen molar-refractivity contribution >= 4 is 29.3 Å². The van der Waals surface area contributed by atoms with Crippen molar-refractivity contribution in [3.05, 3.63) is 59.7 Å². The van der Waals surface area contributed by atoms with Crippen molar-refractivity contribution in [2.45, 2.75) is 17.4 Å². The number of amides is 1. The summed E-state index contributed by atoms with van der Waals surface area (Å²) >= 11 is 1.05. The number of nitriles is 1. The van der Waals surface area contributed by atoms with Crippen LogP contribution in [-0.4, -0.2) is 18.0 Å². The smallest absolute Gasteiger partial charge is 0.339 e. The van der Waals surface area contributed by atoms with Crippen LogP contribution in [0.15, 0.2) is 53.4 Å². The van der Waals surface area contributed by atoms with Gasteiger partial charge >= 0.3 is 5.97 Å². The lowest BCUT2D eigenvalue weighted by Gasteiger charge is -2.23. The Bertz CT molecular complexity index is 796. The Morgan fingerprint density at radius 3 is 2.70 bits per heavy atom. The lowest BCUT2D eigenvalue weighted by molar-refractivity contribution is -0.125. The molecule has 0 unspecified atom stereocenters. The van der Waals surface area contributed by atoms with Gasteiger partial charge in [-0.3, -0.25) is 4.79 Å². The predicted octanol–water partition coefficient (Wildman–Crippen LogP) is 2.98. The van der Waals surface area contributed by atoms with E-state index in [0.717, 1.165) is 22.2 Å². The lowest BCUT2D eigenvalue weighted by Crippen LogP contribution is -2.37. The highest BCUT2D eigenvalue weighted by molar-refractivity contribution is 8.03. The number of nitrogens with zero attached hydrogens (tertiary/aromatic N) is 1. The largest absolute Gasteiger partial charge is 0.448 e. The number of anilines is 1. The Morgan fingerprint density at radius 1 is 1.22 bits per heavy atom. The first-order valence-electron chi connectivity index (χ1n) is 6.93. The number of nitrogens with one attached hydrogen (secondary N) is 1. The molecule has 0 fully saturated rings. The number of carbonyl (C=O) groups is 2. The molecule has 0 spiro atoms. The maximum absolute atomic E-state index is 12.3. The molecule has 0 aromatic heterocycles. The van der Waals surface area contributed by atoms with Gasteiger partial charge in [0.2, 0.25) is 0 Å². The van der Waals surface area contributed by atoms with E-state index in [2.05, 4.69) is 5.32 Å². The summed E-state index contributed by atoms with van der Waals surface area (Å²) in [5.41, 5.74) is 1.91. The van der Waals surface area contributed by atoms with Gasteiger partial charge in [-0.25, -0.2) is 4.79 Å². The zero-order valence-electron chi connectivity index (χ0n) is 12.0. The average Bonchev–Trinajstić information content (AvgIpc) is 2.57. The van der Waals surface area contributed by atoms with Gasteiger partial charge in [0, 0.05) is 17.0 Å². The van der Waals surface area contributed by atoms with Crippen molar-refractivity contribution < 1.29 is 14.3 Å². The summed E-state index contributed by atoms with van der Waals surface area (Å²) in [6, 6.07) is 14.0. The van der Waals surface area contributed by atoms with Crippen molar-refractivity contribution in [2.75, 3.05) is 5.32 Å². The third-order valence-corrected chi connectivity index (χ3v) is 4.07. The number of hydrogen-bond donors (Lipinski definition) is 1. The second kappa shape index (κ2) is 6.55. The second-order valence-electron chi connectivity index (χ2n) is 4.96. The molecule has 0 saturated heterocycles. The summed E-state index contributed by atoms with van der Waals surface area (Å²) < 4.78 is 5.21. The molecular weight excluding hydrogens is 312 g/mol. The Kier molecular flexibility index (Phi) is 4.31. The number of cyclic esters (lactones) is 1. The Balaban J connectivity index is 1.70. The summed E-state index contributed by atoms with van der Waals surface area (Å²) in [5, 5.41) is 13.3. The first-order chi connectivity index (χ1) is 11.2. The quantitative estimate of drug-likeness (QED) is 0.533. The molecule has 0 aliphatic carbocycles. The molecule has 5 nitrogen and oxygen atoms in total. The van der Waals surface area contributed by atoms with Crippen molar-refractivity contribution in [3.63, 3.8) is 0 Å². The monoisotopic (exact) mass is 324 g/mol. The molecule has 0 radical (unpaired) electrons. The van der Waals surface area contributed by atoms with Crippen LogP contribution < -0.4 is 5.32 Å². The van der Waals surface area contributed by atoms with E-state index in [0.29, 0.717) is 17.7 Å². The van der Waals surface area contributed by atoms with Crippen LogP contribution in [0.1, 0.15) is 15.9 Å². The fourth-order valence-corrected chi connectivity index (χ4v) is 2.74. The number of carbonyl (C=O) groups excluding carboxylic acids is 2. The standard InChI is InChI=1S/C17H12N2O3S/c18-10-23-13-7-5-12(6-8-13)19-16(20)15-9-11-3-1-2-4-14(11)17(21)22-15/h1-8,15H,9H2,(H,19,20)/t15-/m1/s1. The summed E-state index contributed by atoms with van der Waals surface area (Å²) in [4.78, 5) is 25.0. The molecular formula is C17H12N2O3S. The van der Waals surface area contributed by atoms with E-state index in [4.69, 9.17) is 10.00 Å². The van der Waals surface area contributed by atoms with E-state index in [1.807, 2.05) is 17.5 Å². The van der Waals surface area contributed by atoms with Crippen molar-refractivity contribution in [3.8, 4) is 5.40 Å². The molecule has 3 rings (SSSR count). The number of benzene rings is 2. The lowest BCUT2D eigenvalue weighted by atomic mass is 9.98. The molecule has 0 saturated carbocycles. The molecule has 1 amide bonds. The molecule has 2 aromatic carbocycles. The Labute approximate surface area is 137 Å². The number of thiocyanates is 1. The van der Waals surface area contributed by atoms with Gasteiger partial charge in [-0.2, -0.15) is 5.26 Å². The van der Waals surface area contributed by atoms with Crippen LogP contribution in [0, 0.1) is 10.7 Å². The first kappa shape index (κ1) is 15.1. The zero-order valence-corrected chi connectivity index (χ0v) is 12.8. The number of ether oxygens (including phenoxy) is 1. The number of hydrogen-bond acceptors (Lipinski definition) is 5. The minimum atomic E-state index is -0.842. The van der Waals surface area contributed by atoms with Crippen LogP contribution in [0.25, 0.3) is 0 Å². The number of esters is 1. The van der Waals surface area contributed by atoms with E-state index in [1.54, 1.807) is 36.4 Å². The van der Waals surface area contributed by atoms with Gasteiger partial charge in [-0.1, -0.05) is 18.2 Å². The van der Waals surface area contributed by atoms with Crippen molar-refractivity contribution in [2.24, 2.45) is 0 Å². The molecule has 1 atom stereocenters. The fraction of sp³-hybridized carbons (Fsp3) is 0.118. The number of thioether (sulfide) groups is 1. The maximum atomic E-state index is 12.3. The molecule has 0 bridgehead atoms. The topological polar surface area (TPSA) is 79.2 Å². The molecule has 23 heavy (non-hydrogen) atoms. The fourth-order valence-electron chi connectivity index (χ4n) is 2.36. The van der Waals surface area contributed by atoms with E-state index < -0.39 is 12.1 Å². The van der Waals surface area contributed by atoms with Gasteiger partial charge in [-0.15, -0.1) is 0 Å². The number of fused-ring (bicyclic) bond motifs is 1.